The number of nitrogens with zero attached hydrogens (tertiary/aromatic N) is 4. The number of aryl methyl sites for hydroxylation is 1. The number of benzene rings is 2. The van der Waals surface area contributed by atoms with E-state index in [1.54, 1.807) is 14.2 Å². The molecule has 0 N–H and O–H groups in total. The van der Waals surface area contributed by atoms with Crippen molar-refractivity contribution in [3.8, 4) is 17.2 Å². The second kappa shape index (κ2) is 9.43. The Kier molecular flexibility index (Phi) is 6.46. The molecule has 1 aliphatic heterocycles. The summed E-state index contributed by atoms with van der Waals surface area (Å²) in [5, 5.41) is 9.21. The minimum absolute atomic E-state index is 0.0874. The second-order valence-corrected chi connectivity index (χ2v) is 8.32. The Labute approximate surface area is 186 Å². The number of aromatic nitrogens is 3. The summed E-state index contributed by atoms with van der Waals surface area (Å²) in [6.45, 7) is 2.67. The first-order valence-electron chi connectivity index (χ1n) is 10.2. The van der Waals surface area contributed by atoms with Gasteiger partial charge >= 0.3 is 0 Å². The van der Waals surface area contributed by atoms with E-state index in [2.05, 4.69) is 16.3 Å². The van der Waals surface area contributed by atoms with Gasteiger partial charge in [-0.25, -0.2) is 0 Å². The van der Waals surface area contributed by atoms with Gasteiger partial charge in [-0.15, -0.1) is 10.2 Å². The highest BCUT2D eigenvalue weighted by Crippen LogP contribution is 2.34. The van der Waals surface area contributed by atoms with Crippen LogP contribution in [0.1, 0.15) is 30.3 Å². The molecule has 7 nitrogen and oxygen atoms in total. The van der Waals surface area contributed by atoms with Gasteiger partial charge < -0.3 is 14.4 Å². The lowest BCUT2D eigenvalue weighted by molar-refractivity contribution is -0.129. The van der Waals surface area contributed by atoms with E-state index in [0.717, 1.165) is 48.0 Å². The molecule has 1 saturated heterocycles. The summed E-state index contributed by atoms with van der Waals surface area (Å²) in [7, 11) is 3.30. The van der Waals surface area contributed by atoms with Gasteiger partial charge in [-0.1, -0.05) is 23.9 Å². The Morgan fingerprint density at radius 3 is 2.61 bits per heavy atom. The quantitative estimate of drug-likeness (QED) is 0.519. The van der Waals surface area contributed by atoms with Crippen molar-refractivity contribution < 1.29 is 14.3 Å². The molecule has 8 heteroatoms. The largest absolute Gasteiger partial charge is 0.497 e. The van der Waals surface area contributed by atoms with Gasteiger partial charge in [0.1, 0.15) is 17.3 Å². The Hall–Kier alpha value is -3.00. The van der Waals surface area contributed by atoms with Crippen molar-refractivity contribution >= 4 is 17.7 Å². The molecule has 1 aliphatic rings. The summed E-state index contributed by atoms with van der Waals surface area (Å²) in [5.41, 5.74) is 2.06. The average Bonchev–Trinajstić information content (AvgIpc) is 3.44. The zero-order valence-electron chi connectivity index (χ0n) is 17.9. The third-order valence-electron chi connectivity index (χ3n) is 5.50. The van der Waals surface area contributed by atoms with Crippen molar-refractivity contribution in [1.29, 1.82) is 0 Å². The molecular formula is C23H26N4O3S. The summed E-state index contributed by atoms with van der Waals surface area (Å²) < 4.78 is 12.6. The molecule has 0 radical (unpaired) electrons. The van der Waals surface area contributed by atoms with E-state index < -0.39 is 0 Å². The summed E-state index contributed by atoms with van der Waals surface area (Å²) in [6, 6.07) is 15.8. The molecule has 0 bridgehead atoms. The number of carbonyl (C=O) groups excluding carboxylic acids is 1. The van der Waals surface area contributed by atoms with Gasteiger partial charge in [0.05, 0.1) is 26.0 Å². The van der Waals surface area contributed by atoms with Crippen LogP contribution in [0, 0.1) is 6.92 Å². The van der Waals surface area contributed by atoms with Gasteiger partial charge in [-0.05, 0) is 61.7 Å². The van der Waals surface area contributed by atoms with E-state index in [-0.39, 0.29) is 11.9 Å². The van der Waals surface area contributed by atoms with Crippen LogP contribution in [0.5, 0.6) is 11.5 Å². The number of ether oxygens (including phenoxy) is 2. The SMILES string of the molecule is COc1ccc(-n2c(C)nnc2SCC(=O)N2CCCC2c2cccc(OC)c2)cc1. The molecule has 3 aromatic rings. The topological polar surface area (TPSA) is 69.5 Å². The summed E-state index contributed by atoms with van der Waals surface area (Å²) in [5.74, 6) is 2.80. The van der Waals surface area contributed by atoms with Gasteiger partial charge in [0, 0.05) is 12.2 Å². The molecule has 1 aromatic heterocycles. The van der Waals surface area contributed by atoms with Crippen LogP contribution in [0.3, 0.4) is 0 Å². The highest BCUT2D eigenvalue weighted by atomic mass is 32.2. The van der Waals surface area contributed by atoms with Crippen LogP contribution in [-0.2, 0) is 4.79 Å². The monoisotopic (exact) mass is 438 g/mol. The number of rotatable bonds is 7. The molecule has 1 fully saturated rings. The maximum absolute atomic E-state index is 13.1. The van der Waals surface area contributed by atoms with Gasteiger partial charge in [-0.2, -0.15) is 0 Å². The third-order valence-corrected chi connectivity index (χ3v) is 6.42. The fraction of sp³-hybridized carbons (Fsp3) is 0.348. The van der Waals surface area contributed by atoms with E-state index in [0.29, 0.717) is 10.9 Å². The maximum Gasteiger partial charge on any atom is 0.233 e. The lowest BCUT2D eigenvalue weighted by Gasteiger charge is -2.25. The van der Waals surface area contributed by atoms with Crippen molar-refractivity contribution in [3.05, 3.63) is 59.9 Å². The number of hydrogen-bond donors (Lipinski definition) is 0. The molecule has 162 valence electrons. The Balaban J connectivity index is 1.47. The molecule has 1 atom stereocenters. The van der Waals surface area contributed by atoms with Crippen molar-refractivity contribution in [2.24, 2.45) is 0 Å². The number of amides is 1. The van der Waals surface area contributed by atoms with Gasteiger partial charge in [-0.3, -0.25) is 9.36 Å². The smallest absolute Gasteiger partial charge is 0.233 e. The number of likely N-dealkylation sites (tertiary alicyclic amines) is 1. The van der Waals surface area contributed by atoms with Crippen LogP contribution in [0.4, 0.5) is 0 Å². The number of thioether (sulfide) groups is 1. The Morgan fingerprint density at radius 2 is 1.87 bits per heavy atom. The fourth-order valence-corrected chi connectivity index (χ4v) is 4.82. The standard InChI is InChI=1S/C23H26N4O3S/c1-16-24-25-23(27(16)18-9-11-19(29-2)12-10-18)31-15-22(28)26-13-5-8-21(26)17-6-4-7-20(14-17)30-3/h4,6-7,9-12,14,21H,5,8,13,15H2,1-3H3. The first-order valence-corrected chi connectivity index (χ1v) is 11.2. The molecule has 0 saturated carbocycles. The first kappa shape index (κ1) is 21.2. The van der Waals surface area contributed by atoms with E-state index >= 15 is 0 Å². The molecule has 2 heterocycles. The zero-order chi connectivity index (χ0) is 21.8. The summed E-state index contributed by atoms with van der Waals surface area (Å²) >= 11 is 1.41. The van der Waals surface area contributed by atoms with Crippen LogP contribution >= 0.6 is 11.8 Å². The van der Waals surface area contributed by atoms with Gasteiger partial charge in [0.2, 0.25) is 5.91 Å². The van der Waals surface area contributed by atoms with Gasteiger partial charge in [0.15, 0.2) is 5.16 Å². The Bertz CT molecular complexity index is 1050. The van der Waals surface area contributed by atoms with Crippen LogP contribution in [0.15, 0.2) is 53.7 Å². The van der Waals surface area contributed by atoms with Crippen molar-refractivity contribution in [3.63, 3.8) is 0 Å². The highest BCUT2D eigenvalue weighted by Gasteiger charge is 2.30. The zero-order valence-corrected chi connectivity index (χ0v) is 18.8. The lowest BCUT2D eigenvalue weighted by Crippen LogP contribution is -2.32. The maximum atomic E-state index is 13.1. The molecule has 2 aromatic carbocycles. The van der Waals surface area contributed by atoms with Crippen molar-refractivity contribution in [2.75, 3.05) is 26.5 Å². The fourth-order valence-electron chi connectivity index (χ4n) is 3.93. The van der Waals surface area contributed by atoms with E-state index in [9.17, 15) is 4.79 Å². The second-order valence-electron chi connectivity index (χ2n) is 7.37. The molecular weight excluding hydrogens is 412 g/mol. The molecule has 0 spiro atoms. The van der Waals surface area contributed by atoms with Crippen LogP contribution in [-0.4, -0.2) is 52.1 Å². The molecule has 1 unspecified atom stereocenters. The van der Waals surface area contributed by atoms with Crippen LogP contribution in [0.2, 0.25) is 0 Å². The van der Waals surface area contributed by atoms with Crippen LogP contribution < -0.4 is 9.47 Å². The molecule has 1 amide bonds. The van der Waals surface area contributed by atoms with E-state index in [1.807, 2.05) is 58.9 Å². The molecule has 31 heavy (non-hydrogen) atoms. The molecule has 0 aliphatic carbocycles. The summed E-state index contributed by atoms with van der Waals surface area (Å²) in [4.78, 5) is 15.1. The normalized spacial score (nSPS) is 15.8. The minimum atomic E-state index is 0.0874. The third kappa shape index (κ3) is 4.54. The highest BCUT2D eigenvalue weighted by molar-refractivity contribution is 7.99. The number of carbonyl (C=O) groups is 1. The summed E-state index contributed by atoms with van der Waals surface area (Å²) in [6.07, 6.45) is 1.96. The number of methoxy groups -OCH3 is 2. The minimum Gasteiger partial charge on any atom is -0.497 e. The molecule has 4 rings (SSSR count). The predicted molar refractivity (Wildman–Crippen MR) is 120 cm³/mol. The predicted octanol–water partition coefficient (Wildman–Crippen LogP) is 4.05. The van der Waals surface area contributed by atoms with Crippen LogP contribution in [0.25, 0.3) is 5.69 Å². The van der Waals surface area contributed by atoms with E-state index in [1.165, 1.54) is 11.8 Å². The van der Waals surface area contributed by atoms with Gasteiger partial charge in [0.25, 0.3) is 0 Å². The van der Waals surface area contributed by atoms with E-state index in [4.69, 9.17) is 9.47 Å². The first-order chi connectivity index (χ1) is 15.1. The van der Waals surface area contributed by atoms with Crippen molar-refractivity contribution in [2.45, 2.75) is 31.0 Å². The van der Waals surface area contributed by atoms with Crippen molar-refractivity contribution in [1.82, 2.24) is 19.7 Å². The number of hydrogen-bond acceptors (Lipinski definition) is 6. The lowest BCUT2D eigenvalue weighted by atomic mass is 10.0. The Morgan fingerprint density at radius 1 is 1.10 bits per heavy atom. The average molecular weight is 439 g/mol.